The highest BCUT2D eigenvalue weighted by molar-refractivity contribution is 5.45. The van der Waals surface area contributed by atoms with Crippen LogP contribution in [0.1, 0.15) is 162 Å². The SMILES string of the molecule is C#CCCOCCOCCOCCC.CCCCOc1ccc([C@H]2C[C@@]3(C)C(CC[C@@H]3O)C3CCc4cc(O)ccc4C32)cc1.CN(C)CCOc1ccc([C@H]2C[C@@]3(C)C(CC[C@@H]3O)C3CCc4cc(O)ccc4C32)cc1. The summed E-state index contributed by atoms with van der Waals surface area (Å²) in [5.74, 6) is 9.12. The average Bonchev–Trinajstić information content (AvgIpc) is 4.05. The molecule has 0 amide bonds. The van der Waals surface area contributed by atoms with Crippen molar-refractivity contribution >= 4 is 0 Å². The summed E-state index contributed by atoms with van der Waals surface area (Å²) in [6.07, 6.45) is 19.1. The van der Waals surface area contributed by atoms with Gasteiger partial charge in [0.1, 0.15) is 29.6 Å². The van der Waals surface area contributed by atoms with Gasteiger partial charge in [0.2, 0.25) is 0 Å². The van der Waals surface area contributed by atoms with E-state index in [1.807, 2.05) is 24.3 Å². The van der Waals surface area contributed by atoms with Crippen molar-refractivity contribution in [3.8, 4) is 35.3 Å². The topological polar surface area (TPSA) is 130 Å². The van der Waals surface area contributed by atoms with Crippen LogP contribution in [0, 0.1) is 46.8 Å². The predicted molar refractivity (Wildman–Crippen MR) is 307 cm³/mol. The van der Waals surface area contributed by atoms with Crippen molar-refractivity contribution in [3.63, 3.8) is 0 Å². The summed E-state index contributed by atoms with van der Waals surface area (Å²) in [7, 11) is 4.11. The van der Waals surface area contributed by atoms with Crippen molar-refractivity contribution in [1.29, 1.82) is 0 Å². The molecule has 6 aliphatic rings. The third-order valence-electron chi connectivity index (χ3n) is 19.0. The molecule has 10 heteroatoms. The molecule has 4 saturated carbocycles. The molecule has 6 aliphatic carbocycles. The number of aromatic hydroxyl groups is 2. The molecule has 0 heterocycles. The number of hydrogen-bond acceptors (Lipinski definition) is 10. The van der Waals surface area contributed by atoms with Crippen molar-refractivity contribution in [3.05, 3.63) is 118 Å². The number of phenolic OH excluding ortho intramolecular Hbond substituents is 2. The highest BCUT2D eigenvalue weighted by Gasteiger charge is 2.59. The number of hydrogen-bond donors (Lipinski definition) is 4. The molecule has 0 saturated heterocycles. The quantitative estimate of drug-likeness (QED) is 0.0501. The lowest BCUT2D eigenvalue weighted by atomic mass is 9.51. The molecule has 10 nitrogen and oxygen atoms in total. The highest BCUT2D eigenvalue weighted by Crippen LogP contribution is 2.67. The van der Waals surface area contributed by atoms with E-state index in [9.17, 15) is 20.4 Å². The number of unbranched alkanes of at least 4 members (excludes halogenated alkanes) is 1. The Morgan fingerprint density at radius 3 is 1.45 bits per heavy atom. The lowest BCUT2D eigenvalue weighted by Crippen LogP contribution is -2.47. The zero-order chi connectivity index (χ0) is 54.5. The van der Waals surface area contributed by atoms with E-state index in [4.69, 9.17) is 30.1 Å². The van der Waals surface area contributed by atoms with Gasteiger partial charge in [0.25, 0.3) is 0 Å². The number of aliphatic hydroxyl groups is 2. The molecular weight excluding hydrogens is 963 g/mol. The van der Waals surface area contributed by atoms with E-state index < -0.39 is 0 Å². The Bertz CT molecular complexity index is 2490. The Kier molecular flexibility index (Phi) is 20.9. The van der Waals surface area contributed by atoms with Gasteiger partial charge in [-0.3, -0.25) is 0 Å². The molecule has 4 aromatic rings. The van der Waals surface area contributed by atoms with Crippen molar-refractivity contribution < 1.29 is 44.1 Å². The lowest BCUT2D eigenvalue weighted by molar-refractivity contribution is -0.0323. The monoisotopic (exact) mass is 1060 g/mol. The van der Waals surface area contributed by atoms with E-state index >= 15 is 0 Å². The Morgan fingerprint density at radius 2 is 1.01 bits per heavy atom. The number of nitrogens with zero attached hydrogens (tertiary/aromatic N) is 1. The Labute approximate surface area is 462 Å². The Balaban J connectivity index is 0.000000165. The third kappa shape index (κ3) is 13.9. The molecule has 6 unspecified atom stereocenters. The normalized spacial score (nSPS) is 29.4. The number of aryl methyl sites for hydroxylation is 2. The van der Waals surface area contributed by atoms with Crippen LogP contribution in [-0.2, 0) is 27.1 Å². The van der Waals surface area contributed by atoms with Gasteiger partial charge >= 0.3 is 0 Å². The van der Waals surface area contributed by atoms with Crippen LogP contribution < -0.4 is 9.47 Å². The highest BCUT2D eigenvalue weighted by atomic mass is 16.5. The minimum atomic E-state index is -0.203. The average molecular weight is 1060 g/mol. The summed E-state index contributed by atoms with van der Waals surface area (Å²) in [6.45, 7) is 15.2. The molecule has 4 fully saturated rings. The number of aliphatic hydroxyl groups excluding tert-OH is 2. The molecule has 0 radical (unpaired) electrons. The number of benzene rings is 4. The number of ether oxygens (including phenoxy) is 5. The van der Waals surface area contributed by atoms with Crippen LogP contribution in [0.15, 0.2) is 84.9 Å². The maximum atomic E-state index is 11.0. The van der Waals surface area contributed by atoms with E-state index in [1.165, 1.54) is 33.4 Å². The molecule has 77 heavy (non-hydrogen) atoms. The molecule has 10 rings (SSSR count). The Morgan fingerprint density at radius 1 is 0.558 bits per heavy atom. The van der Waals surface area contributed by atoms with Gasteiger partial charge in [-0.15, -0.1) is 12.3 Å². The maximum Gasteiger partial charge on any atom is 0.119 e. The first kappa shape index (κ1) is 58.5. The minimum Gasteiger partial charge on any atom is -0.508 e. The van der Waals surface area contributed by atoms with Gasteiger partial charge < -0.3 is 49.0 Å². The first-order chi connectivity index (χ1) is 37.3. The molecule has 4 N–H and O–H groups in total. The van der Waals surface area contributed by atoms with Crippen molar-refractivity contribution in [2.75, 3.05) is 73.5 Å². The number of rotatable bonds is 20. The lowest BCUT2D eigenvalue weighted by Gasteiger charge is -2.54. The molecule has 0 spiro atoms. The fourth-order valence-corrected chi connectivity index (χ4v) is 15.1. The molecule has 12 atom stereocenters. The standard InChI is InChI=1S/C28H37NO3.C28H36O3.C11H20O3/c1-28-17-24(18-4-8-21(9-5-18)32-15-14-29(2)3)27-22-11-7-20(30)16-19(22)6-10-23(27)25(28)12-13-26(28)31;1-3-4-15-31-21-9-5-18(6-10-21)24-17-28(2)25(13-14-26(28)30)23-11-7-19-16-20(29)8-12-22(19)27(23)24;1-3-5-7-13-9-11-14-10-8-12-6-4-2/h4-5,7-9,11,16,23-27,30-31H,6,10,12-15,17H2,1-3H3;5-6,8-10,12,16,23-27,29-30H,3-4,7,11,13-15,17H2,1-2H3;1H,4-11H2,2H3/t2*23?,24-,25?,26+,27?,28+;/m11./s1. The zero-order valence-corrected chi connectivity index (χ0v) is 47.5. The van der Waals surface area contributed by atoms with Gasteiger partial charge in [-0.05, 0) is 231 Å². The predicted octanol–water partition coefficient (Wildman–Crippen LogP) is 12.6. The summed E-state index contributed by atoms with van der Waals surface area (Å²) < 4.78 is 27.5. The van der Waals surface area contributed by atoms with E-state index in [-0.39, 0.29) is 23.0 Å². The largest absolute Gasteiger partial charge is 0.508 e. The van der Waals surface area contributed by atoms with E-state index in [1.54, 1.807) is 0 Å². The smallest absolute Gasteiger partial charge is 0.119 e. The van der Waals surface area contributed by atoms with Gasteiger partial charge in [-0.25, -0.2) is 0 Å². The minimum absolute atomic E-state index is 0.00342. The molecule has 4 aromatic carbocycles. The second kappa shape index (κ2) is 27.5. The van der Waals surface area contributed by atoms with E-state index in [0.29, 0.717) is 105 Å². The van der Waals surface area contributed by atoms with Crippen LogP contribution in [0.2, 0.25) is 0 Å². The number of likely N-dealkylation sites (N-methyl/N-ethyl adjacent to an activating group) is 1. The van der Waals surface area contributed by atoms with Gasteiger partial charge in [0.05, 0.1) is 51.8 Å². The van der Waals surface area contributed by atoms with Crippen molar-refractivity contribution in [1.82, 2.24) is 4.90 Å². The van der Waals surface area contributed by atoms with Gasteiger partial charge in [0, 0.05) is 19.6 Å². The van der Waals surface area contributed by atoms with Crippen LogP contribution in [0.5, 0.6) is 23.0 Å². The summed E-state index contributed by atoms with van der Waals surface area (Å²) >= 11 is 0. The second-order valence-electron chi connectivity index (χ2n) is 24.0. The second-order valence-corrected chi connectivity index (χ2v) is 24.0. The van der Waals surface area contributed by atoms with Crippen molar-refractivity contribution in [2.24, 2.45) is 34.5 Å². The van der Waals surface area contributed by atoms with E-state index in [0.717, 1.165) is 115 Å². The van der Waals surface area contributed by atoms with Crippen LogP contribution in [0.3, 0.4) is 0 Å². The van der Waals surface area contributed by atoms with Crippen molar-refractivity contribution in [2.45, 2.75) is 153 Å². The molecule has 0 bridgehead atoms. The number of terminal acetylenes is 1. The van der Waals surface area contributed by atoms with Crippen LogP contribution in [0.25, 0.3) is 0 Å². The first-order valence-electron chi connectivity index (χ1n) is 29.6. The summed E-state index contributed by atoms with van der Waals surface area (Å²) in [5.41, 5.74) is 8.15. The van der Waals surface area contributed by atoms with Gasteiger partial charge in [-0.1, -0.05) is 70.5 Å². The molecular formula is C67H93NO9. The Hall–Kier alpha value is -4.60. The summed E-state index contributed by atoms with van der Waals surface area (Å²) in [5, 5.41) is 42.1. The van der Waals surface area contributed by atoms with Gasteiger partial charge in [-0.2, -0.15) is 0 Å². The third-order valence-corrected chi connectivity index (χ3v) is 19.0. The fourth-order valence-electron chi connectivity index (χ4n) is 15.1. The summed E-state index contributed by atoms with van der Waals surface area (Å²) in [4.78, 5) is 2.12. The maximum absolute atomic E-state index is 11.0. The summed E-state index contributed by atoms with van der Waals surface area (Å²) in [6, 6.07) is 29.5. The van der Waals surface area contributed by atoms with Crippen LogP contribution >= 0.6 is 0 Å². The zero-order valence-electron chi connectivity index (χ0n) is 47.5. The fraction of sp³-hybridized carbons (Fsp3) is 0.612. The first-order valence-corrected chi connectivity index (χ1v) is 29.6. The van der Waals surface area contributed by atoms with Crippen LogP contribution in [0.4, 0.5) is 0 Å². The molecule has 420 valence electrons. The molecule has 0 aliphatic heterocycles. The number of phenols is 2. The van der Waals surface area contributed by atoms with Gasteiger partial charge in [0.15, 0.2) is 0 Å². The van der Waals surface area contributed by atoms with Crippen LogP contribution in [-0.4, -0.2) is 111 Å². The van der Waals surface area contributed by atoms with E-state index in [2.05, 4.69) is 113 Å². The number of fused-ring (bicyclic) bond motifs is 10. The molecule has 0 aromatic heterocycles.